The van der Waals surface area contributed by atoms with Gasteiger partial charge in [0.05, 0.1) is 6.21 Å². The van der Waals surface area contributed by atoms with Gasteiger partial charge >= 0.3 is 0 Å². The summed E-state index contributed by atoms with van der Waals surface area (Å²) in [5, 5.41) is 14.9. The third-order valence-electron chi connectivity index (χ3n) is 5.19. The molecule has 0 unspecified atom stereocenters. The van der Waals surface area contributed by atoms with E-state index in [2.05, 4.69) is 69.3 Å². The number of nitrogens with one attached hydrogen (secondary N) is 1. The fourth-order valence-electron chi connectivity index (χ4n) is 3.80. The first-order chi connectivity index (χ1) is 14.7. The predicted octanol–water partition coefficient (Wildman–Crippen LogP) is 6.27. The summed E-state index contributed by atoms with van der Waals surface area (Å²) in [5.74, 6) is 0.636. The van der Waals surface area contributed by atoms with Crippen molar-refractivity contribution < 1.29 is 0 Å². The van der Waals surface area contributed by atoms with Crippen LogP contribution in [-0.2, 0) is 6.54 Å². The molecule has 1 N–H and O–H groups in total. The highest BCUT2D eigenvalue weighted by Crippen LogP contribution is 2.29. The van der Waals surface area contributed by atoms with Crippen LogP contribution in [0, 0.1) is 4.77 Å². The lowest BCUT2D eigenvalue weighted by atomic mass is 10.1. The highest BCUT2D eigenvalue weighted by Gasteiger charge is 2.10. The van der Waals surface area contributed by atoms with Gasteiger partial charge in [0.25, 0.3) is 0 Å². The maximum Gasteiger partial charge on any atom is 0.216 e. The van der Waals surface area contributed by atoms with Crippen molar-refractivity contribution in [3.63, 3.8) is 0 Å². The fraction of sp³-hybridized carbons (Fsp3) is 0.0870. The summed E-state index contributed by atoms with van der Waals surface area (Å²) >= 11 is 11.4. The van der Waals surface area contributed by atoms with Crippen molar-refractivity contribution in [1.29, 1.82) is 0 Å². The molecule has 5 nitrogen and oxygen atoms in total. The summed E-state index contributed by atoms with van der Waals surface area (Å²) in [5.41, 5.74) is 4.33. The fourth-order valence-corrected chi connectivity index (χ4v) is 4.11. The van der Waals surface area contributed by atoms with Crippen LogP contribution in [0.4, 0.5) is 0 Å². The van der Waals surface area contributed by atoms with E-state index in [4.69, 9.17) is 23.8 Å². The number of para-hydroxylation sites is 1. The second kappa shape index (κ2) is 7.55. The highest BCUT2D eigenvalue weighted by molar-refractivity contribution is 7.71. The molecule has 0 saturated heterocycles. The number of hydrogen-bond acceptors (Lipinski definition) is 3. The van der Waals surface area contributed by atoms with E-state index in [1.807, 2.05) is 30.5 Å². The molecule has 0 spiro atoms. The van der Waals surface area contributed by atoms with Gasteiger partial charge in [-0.2, -0.15) is 14.9 Å². The molecule has 5 aromatic rings. The number of aryl methyl sites for hydroxylation is 1. The molecule has 0 aliphatic carbocycles. The van der Waals surface area contributed by atoms with E-state index < -0.39 is 0 Å². The van der Waals surface area contributed by atoms with E-state index in [1.54, 1.807) is 4.68 Å². The van der Waals surface area contributed by atoms with E-state index >= 15 is 0 Å². The van der Waals surface area contributed by atoms with Crippen molar-refractivity contribution in [2.45, 2.75) is 13.5 Å². The lowest BCUT2D eigenvalue weighted by Gasteiger charge is -2.03. The average molecular weight is 432 g/mol. The number of H-pyrrole nitrogens is 1. The van der Waals surface area contributed by atoms with Crippen LogP contribution in [0.2, 0.25) is 5.02 Å². The molecule has 5 rings (SSSR count). The normalized spacial score (nSPS) is 11.8. The zero-order chi connectivity index (χ0) is 20.7. The second-order valence-corrected chi connectivity index (χ2v) is 7.78. The molecule has 0 radical (unpaired) electrons. The Hall–Kier alpha value is -3.22. The molecule has 3 aromatic carbocycles. The Kier molecular flexibility index (Phi) is 4.73. The monoisotopic (exact) mass is 431 g/mol. The first-order valence-corrected chi connectivity index (χ1v) is 10.4. The maximum atomic E-state index is 6.00. The number of hydrogen-bond donors (Lipinski definition) is 1. The van der Waals surface area contributed by atoms with Gasteiger partial charge in [0.15, 0.2) is 5.82 Å². The van der Waals surface area contributed by atoms with E-state index in [1.165, 1.54) is 21.8 Å². The largest absolute Gasteiger partial charge is 0.341 e. The van der Waals surface area contributed by atoms with E-state index in [-0.39, 0.29) is 0 Å². The standard InChI is InChI=1S/C23H18ClN5S/c1-2-28-20-6-4-3-5-18(20)19-13-15(7-12-21(19)28)14-25-29-22(26-27-23(29)30)16-8-10-17(24)11-9-16/h3-14H,2H2,1H3,(H,27,30)/b25-14+. The molecule has 2 heterocycles. The topological polar surface area (TPSA) is 50.9 Å². The molecule has 0 amide bonds. The van der Waals surface area contributed by atoms with Gasteiger partial charge in [0.1, 0.15) is 0 Å². The summed E-state index contributed by atoms with van der Waals surface area (Å²) in [7, 11) is 0. The first-order valence-electron chi connectivity index (χ1n) is 9.64. The molecular weight excluding hydrogens is 414 g/mol. The molecule has 148 valence electrons. The molecule has 2 aromatic heterocycles. The molecule has 0 fully saturated rings. The van der Waals surface area contributed by atoms with Gasteiger partial charge in [-0.3, -0.25) is 0 Å². The Morgan fingerprint density at radius 2 is 1.80 bits per heavy atom. The van der Waals surface area contributed by atoms with Crippen molar-refractivity contribution >= 4 is 51.8 Å². The van der Waals surface area contributed by atoms with Crippen LogP contribution in [0.1, 0.15) is 12.5 Å². The van der Waals surface area contributed by atoms with Gasteiger partial charge in [-0.1, -0.05) is 35.9 Å². The molecule has 0 bridgehead atoms. The Bertz CT molecular complexity index is 1460. The SMILES string of the molecule is CCn1c2ccccc2c2cc(/C=N/n3c(-c4ccc(Cl)cc4)n[nH]c3=S)ccc21. The lowest BCUT2D eigenvalue weighted by molar-refractivity contribution is 0.827. The Labute approximate surface area is 183 Å². The number of fused-ring (bicyclic) bond motifs is 3. The molecular formula is C23H18ClN5S. The van der Waals surface area contributed by atoms with E-state index in [0.29, 0.717) is 15.6 Å². The van der Waals surface area contributed by atoms with Gasteiger partial charge in [0.2, 0.25) is 4.77 Å². The number of aromatic amines is 1. The summed E-state index contributed by atoms with van der Waals surface area (Å²) in [4.78, 5) is 0. The number of nitrogens with zero attached hydrogens (tertiary/aromatic N) is 4. The number of halogens is 1. The van der Waals surface area contributed by atoms with E-state index in [9.17, 15) is 0 Å². The van der Waals surface area contributed by atoms with Crippen LogP contribution in [0.5, 0.6) is 0 Å². The van der Waals surface area contributed by atoms with Crippen molar-refractivity contribution in [2.75, 3.05) is 0 Å². The van der Waals surface area contributed by atoms with Gasteiger partial charge in [-0.05, 0) is 67.2 Å². The van der Waals surface area contributed by atoms with Crippen LogP contribution < -0.4 is 0 Å². The van der Waals surface area contributed by atoms with Crippen molar-refractivity contribution in [3.8, 4) is 11.4 Å². The summed E-state index contributed by atoms with van der Waals surface area (Å²) in [6.07, 6.45) is 1.81. The second-order valence-electron chi connectivity index (χ2n) is 6.95. The quantitative estimate of drug-likeness (QED) is 0.269. The van der Waals surface area contributed by atoms with Crippen LogP contribution in [-0.4, -0.2) is 25.7 Å². The predicted molar refractivity (Wildman–Crippen MR) is 126 cm³/mol. The van der Waals surface area contributed by atoms with Crippen LogP contribution in [0.3, 0.4) is 0 Å². The van der Waals surface area contributed by atoms with E-state index in [0.717, 1.165) is 17.7 Å². The minimum Gasteiger partial charge on any atom is -0.341 e. The van der Waals surface area contributed by atoms with Crippen LogP contribution in [0.25, 0.3) is 33.2 Å². The minimum absolute atomic E-state index is 0.430. The summed E-state index contributed by atoms with van der Waals surface area (Å²) in [6.45, 7) is 3.09. The van der Waals surface area contributed by atoms with Gasteiger partial charge in [-0.25, -0.2) is 5.10 Å². The minimum atomic E-state index is 0.430. The number of aromatic nitrogens is 4. The van der Waals surface area contributed by atoms with Gasteiger partial charge < -0.3 is 4.57 Å². The molecule has 0 aliphatic rings. The Morgan fingerprint density at radius 1 is 1.03 bits per heavy atom. The van der Waals surface area contributed by atoms with Crippen molar-refractivity contribution in [3.05, 3.63) is 82.1 Å². The first kappa shape index (κ1) is 18.8. The average Bonchev–Trinajstić information content (AvgIpc) is 3.30. The molecule has 0 saturated carbocycles. The van der Waals surface area contributed by atoms with Gasteiger partial charge in [0, 0.05) is 38.9 Å². The van der Waals surface area contributed by atoms with Crippen molar-refractivity contribution in [2.24, 2.45) is 5.10 Å². The van der Waals surface area contributed by atoms with Crippen LogP contribution in [0.15, 0.2) is 71.8 Å². The van der Waals surface area contributed by atoms with Crippen LogP contribution >= 0.6 is 23.8 Å². The summed E-state index contributed by atoms with van der Waals surface area (Å²) < 4.78 is 4.38. The molecule has 7 heteroatoms. The molecule has 0 aliphatic heterocycles. The van der Waals surface area contributed by atoms with Gasteiger partial charge in [-0.15, -0.1) is 0 Å². The number of benzene rings is 3. The Morgan fingerprint density at radius 3 is 2.60 bits per heavy atom. The smallest absolute Gasteiger partial charge is 0.216 e. The highest BCUT2D eigenvalue weighted by atomic mass is 35.5. The summed E-state index contributed by atoms with van der Waals surface area (Å²) in [6, 6.07) is 22.3. The maximum absolute atomic E-state index is 6.00. The van der Waals surface area contributed by atoms with Crippen molar-refractivity contribution in [1.82, 2.24) is 19.4 Å². The third-order valence-corrected chi connectivity index (χ3v) is 5.70. The zero-order valence-corrected chi connectivity index (χ0v) is 17.8. The lowest BCUT2D eigenvalue weighted by Crippen LogP contribution is -1.95. The number of rotatable bonds is 4. The molecule has 0 atom stereocenters. The molecule has 30 heavy (non-hydrogen) atoms. The Balaban J connectivity index is 1.58. The third kappa shape index (κ3) is 3.14. The zero-order valence-electron chi connectivity index (χ0n) is 16.2.